The van der Waals surface area contributed by atoms with Gasteiger partial charge in [-0.2, -0.15) is 0 Å². The van der Waals surface area contributed by atoms with E-state index in [1.54, 1.807) is 17.4 Å². The Bertz CT molecular complexity index is 793. The maximum atomic E-state index is 12.7. The molecule has 4 nitrogen and oxygen atoms in total. The molecule has 1 saturated carbocycles. The Hall–Kier alpha value is -2.14. The Labute approximate surface area is 165 Å². The minimum absolute atomic E-state index is 0.177. The van der Waals surface area contributed by atoms with Gasteiger partial charge in [0.15, 0.2) is 0 Å². The van der Waals surface area contributed by atoms with E-state index in [4.69, 9.17) is 4.74 Å². The number of aromatic nitrogens is 1. The first-order valence-corrected chi connectivity index (χ1v) is 10.5. The van der Waals surface area contributed by atoms with Gasteiger partial charge in [-0.05, 0) is 49.9 Å². The van der Waals surface area contributed by atoms with Gasteiger partial charge in [0.1, 0.15) is 17.4 Å². The highest BCUT2D eigenvalue weighted by Gasteiger charge is 2.27. The van der Waals surface area contributed by atoms with Gasteiger partial charge in [0.05, 0.1) is 12.2 Å². The Kier molecular flexibility index (Phi) is 6.67. The molecule has 2 aromatic rings. The monoisotopic (exact) mass is 384 g/mol. The highest BCUT2D eigenvalue weighted by atomic mass is 32.1. The van der Waals surface area contributed by atoms with Gasteiger partial charge in [-0.3, -0.25) is 4.79 Å². The molecule has 0 spiro atoms. The van der Waals surface area contributed by atoms with E-state index in [0.29, 0.717) is 19.7 Å². The predicted octanol–water partition coefficient (Wildman–Crippen LogP) is 5.04. The van der Waals surface area contributed by atoms with E-state index < -0.39 is 0 Å². The molecule has 1 aromatic heterocycles. The number of benzene rings is 1. The summed E-state index contributed by atoms with van der Waals surface area (Å²) in [5, 5.41) is 2.95. The predicted molar refractivity (Wildman–Crippen MR) is 110 cm³/mol. The van der Waals surface area contributed by atoms with Crippen LogP contribution in [-0.4, -0.2) is 22.3 Å². The Balaban J connectivity index is 1.58. The molecule has 0 aliphatic heterocycles. The van der Waals surface area contributed by atoms with Crippen LogP contribution in [0.4, 0.5) is 0 Å². The van der Waals surface area contributed by atoms with E-state index in [1.807, 2.05) is 16.3 Å². The van der Waals surface area contributed by atoms with Crippen molar-refractivity contribution in [3.05, 3.63) is 58.1 Å². The Morgan fingerprint density at radius 3 is 2.81 bits per heavy atom. The highest BCUT2D eigenvalue weighted by molar-refractivity contribution is 7.09. The second-order valence-corrected chi connectivity index (χ2v) is 8.20. The average molecular weight is 385 g/mol. The van der Waals surface area contributed by atoms with Gasteiger partial charge < -0.3 is 9.64 Å². The van der Waals surface area contributed by atoms with Crippen LogP contribution in [0.5, 0.6) is 5.75 Å². The van der Waals surface area contributed by atoms with Crippen LogP contribution in [0.25, 0.3) is 0 Å². The first-order valence-electron chi connectivity index (χ1n) is 9.60. The van der Waals surface area contributed by atoms with E-state index in [1.165, 1.54) is 11.1 Å². The molecule has 1 heterocycles. The lowest BCUT2D eigenvalue weighted by Gasteiger charge is -2.23. The molecule has 1 aliphatic rings. The van der Waals surface area contributed by atoms with Gasteiger partial charge in [-0.25, -0.2) is 4.98 Å². The van der Waals surface area contributed by atoms with Crippen molar-refractivity contribution >= 4 is 17.2 Å². The number of carbonyl (C=O) groups excluding carboxylic acids is 1. The second kappa shape index (κ2) is 9.18. The summed E-state index contributed by atoms with van der Waals surface area (Å²) < 4.78 is 5.87. The number of hydrogen-bond donors (Lipinski definition) is 0. The molecule has 1 fully saturated rings. The highest BCUT2D eigenvalue weighted by Crippen LogP contribution is 2.27. The van der Waals surface area contributed by atoms with Gasteiger partial charge in [0.2, 0.25) is 5.91 Å². The number of aryl methyl sites for hydroxylation is 2. The normalized spacial score (nSPS) is 14.3. The van der Waals surface area contributed by atoms with E-state index in [0.717, 1.165) is 42.1 Å². The number of nitrogens with zero attached hydrogens (tertiary/aromatic N) is 2. The summed E-state index contributed by atoms with van der Waals surface area (Å²) in [7, 11) is 0. The van der Waals surface area contributed by atoms with Crippen LogP contribution in [0.2, 0.25) is 0 Å². The van der Waals surface area contributed by atoms with Crippen LogP contribution in [0, 0.1) is 19.8 Å². The quantitative estimate of drug-likeness (QED) is 0.599. The molecule has 1 aliphatic carbocycles. The lowest BCUT2D eigenvalue weighted by Crippen LogP contribution is -2.35. The molecular formula is C22H28N2O2S. The van der Waals surface area contributed by atoms with E-state index >= 15 is 0 Å². The molecule has 0 N–H and O–H groups in total. The van der Waals surface area contributed by atoms with Gasteiger partial charge >= 0.3 is 0 Å². The number of carbonyl (C=O) groups is 1. The van der Waals surface area contributed by atoms with E-state index in [9.17, 15) is 4.79 Å². The Morgan fingerprint density at radius 1 is 1.33 bits per heavy atom. The zero-order valence-electron chi connectivity index (χ0n) is 16.2. The molecule has 3 rings (SSSR count). The number of hydrogen-bond acceptors (Lipinski definition) is 4. The second-order valence-electron chi connectivity index (χ2n) is 7.26. The summed E-state index contributed by atoms with van der Waals surface area (Å²) in [5.41, 5.74) is 3.40. The summed E-state index contributed by atoms with van der Waals surface area (Å²) in [6, 6.07) is 6.11. The largest absolute Gasteiger partial charge is 0.486 e. The zero-order valence-corrected chi connectivity index (χ0v) is 17.1. The number of amides is 1. The summed E-state index contributed by atoms with van der Waals surface area (Å²) in [4.78, 5) is 19.3. The molecule has 0 atom stereocenters. The molecule has 1 amide bonds. The van der Waals surface area contributed by atoms with Crippen molar-refractivity contribution < 1.29 is 9.53 Å². The van der Waals surface area contributed by atoms with Crippen molar-refractivity contribution in [3.8, 4) is 5.75 Å². The number of rotatable bonds is 8. The van der Waals surface area contributed by atoms with Crippen LogP contribution >= 0.6 is 11.3 Å². The third-order valence-electron chi connectivity index (χ3n) is 5.16. The minimum Gasteiger partial charge on any atom is -0.486 e. The van der Waals surface area contributed by atoms with Gasteiger partial charge in [0.25, 0.3) is 0 Å². The molecular weight excluding hydrogens is 356 g/mol. The molecule has 144 valence electrons. The maximum Gasteiger partial charge on any atom is 0.226 e. The van der Waals surface area contributed by atoms with Crippen molar-refractivity contribution in [1.82, 2.24) is 9.88 Å². The summed E-state index contributed by atoms with van der Waals surface area (Å²) >= 11 is 1.58. The first kappa shape index (κ1) is 19.6. The maximum absolute atomic E-state index is 12.7. The fourth-order valence-electron chi connectivity index (χ4n) is 3.45. The average Bonchev–Trinajstić information content (AvgIpc) is 3.34. The zero-order chi connectivity index (χ0) is 19.2. The molecule has 0 bridgehead atoms. The van der Waals surface area contributed by atoms with Crippen LogP contribution in [-0.2, 0) is 17.9 Å². The minimum atomic E-state index is 0.177. The summed E-state index contributed by atoms with van der Waals surface area (Å²) in [5.74, 6) is 1.28. The van der Waals surface area contributed by atoms with Gasteiger partial charge in [-0.1, -0.05) is 25.0 Å². The molecule has 0 unspecified atom stereocenters. The van der Waals surface area contributed by atoms with E-state index in [2.05, 4.69) is 37.5 Å². The van der Waals surface area contributed by atoms with Crippen LogP contribution in [0.3, 0.4) is 0 Å². The van der Waals surface area contributed by atoms with Crippen molar-refractivity contribution in [2.45, 2.75) is 52.7 Å². The van der Waals surface area contributed by atoms with Crippen molar-refractivity contribution in [1.29, 1.82) is 0 Å². The smallest absolute Gasteiger partial charge is 0.226 e. The third-order valence-corrected chi connectivity index (χ3v) is 6.03. The molecule has 0 saturated heterocycles. The SMILES string of the molecule is C=CCN(Cc1csc(COc2ccc(C)c(C)c2)n1)C(=O)C1CCCC1. The lowest BCUT2D eigenvalue weighted by molar-refractivity contribution is -0.135. The standard InChI is InChI=1S/C22H28N2O2S/c1-4-11-24(22(25)18-7-5-6-8-18)13-19-15-27-21(23-19)14-26-20-10-9-16(2)17(3)12-20/h4,9-10,12,15,18H,1,5-8,11,13-14H2,2-3H3. The van der Waals surface area contributed by atoms with Crippen molar-refractivity contribution in [2.24, 2.45) is 5.92 Å². The van der Waals surface area contributed by atoms with Crippen LogP contribution in [0.1, 0.15) is 47.5 Å². The van der Waals surface area contributed by atoms with Crippen LogP contribution in [0.15, 0.2) is 36.2 Å². The summed E-state index contributed by atoms with van der Waals surface area (Å²) in [6.07, 6.45) is 6.14. The van der Waals surface area contributed by atoms with Gasteiger partial charge in [-0.15, -0.1) is 17.9 Å². The molecule has 1 aromatic carbocycles. The summed E-state index contributed by atoms with van der Waals surface area (Å²) in [6.45, 7) is 9.54. The lowest BCUT2D eigenvalue weighted by atomic mass is 10.1. The van der Waals surface area contributed by atoms with Crippen molar-refractivity contribution in [3.63, 3.8) is 0 Å². The molecule has 5 heteroatoms. The Morgan fingerprint density at radius 2 is 2.11 bits per heavy atom. The number of thiazole rings is 1. The third kappa shape index (κ3) is 5.19. The van der Waals surface area contributed by atoms with Crippen LogP contribution < -0.4 is 4.74 Å². The molecule has 0 radical (unpaired) electrons. The topological polar surface area (TPSA) is 42.4 Å². The molecule has 27 heavy (non-hydrogen) atoms. The van der Waals surface area contributed by atoms with Crippen molar-refractivity contribution in [2.75, 3.05) is 6.54 Å². The van der Waals surface area contributed by atoms with Gasteiger partial charge in [0, 0.05) is 17.8 Å². The first-order chi connectivity index (χ1) is 13.1. The fourth-order valence-corrected chi connectivity index (χ4v) is 4.15. The number of ether oxygens (including phenoxy) is 1. The van der Waals surface area contributed by atoms with E-state index in [-0.39, 0.29) is 11.8 Å². The fraction of sp³-hybridized carbons (Fsp3) is 0.455.